The highest BCUT2D eigenvalue weighted by Gasteiger charge is 2.14. The van der Waals surface area contributed by atoms with Crippen LogP contribution < -0.4 is 10.6 Å². The van der Waals surface area contributed by atoms with Crippen molar-refractivity contribution in [2.24, 2.45) is 0 Å². The predicted octanol–water partition coefficient (Wildman–Crippen LogP) is 5.23. The molecule has 3 aromatic rings. The first-order chi connectivity index (χ1) is 12.4. The molecule has 26 heavy (non-hydrogen) atoms. The lowest BCUT2D eigenvalue weighted by atomic mass is 10.2. The van der Waals surface area contributed by atoms with E-state index < -0.39 is 11.7 Å². The van der Waals surface area contributed by atoms with Gasteiger partial charge in [-0.25, -0.2) is 14.4 Å². The average molecular weight is 391 g/mol. The van der Waals surface area contributed by atoms with Crippen LogP contribution in [0.2, 0.25) is 10.0 Å². The minimum Gasteiger partial charge on any atom is -0.323 e. The van der Waals surface area contributed by atoms with E-state index in [4.69, 9.17) is 23.2 Å². The molecule has 0 aliphatic rings. The molecule has 0 bridgehead atoms. The fraction of sp³-hybridized carbons (Fsp3) is 0.0556. The first-order valence-electron chi connectivity index (χ1n) is 7.56. The van der Waals surface area contributed by atoms with Gasteiger partial charge in [-0.3, -0.25) is 4.79 Å². The van der Waals surface area contributed by atoms with Gasteiger partial charge in [0, 0.05) is 5.69 Å². The predicted molar refractivity (Wildman–Crippen MR) is 101 cm³/mol. The zero-order valence-corrected chi connectivity index (χ0v) is 15.1. The Labute approximate surface area is 159 Å². The monoisotopic (exact) mass is 390 g/mol. The van der Waals surface area contributed by atoms with E-state index in [1.807, 2.05) is 0 Å². The van der Waals surface area contributed by atoms with Crippen molar-refractivity contribution >= 4 is 46.4 Å². The Morgan fingerprint density at radius 3 is 2.54 bits per heavy atom. The van der Waals surface area contributed by atoms with Crippen LogP contribution in [0.4, 0.5) is 21.7 Å². The van der Waals surface area contributed by atoms with Gasteiger partial charge < -0.3 is 10.6 Å². The van der Waals surface area contributed by atoms with Crippen LogP contribution >= 0.6 is 23.2 Å². The quantitative estimate of drug-likeness (QED) is 0.640. The van der Waals surface area contributed by atoms with E-state index in [0.717, 1.165) is 0 Å². The molecule has 0 radical (unpaired) electrons. The van der Waals surface area contributed by atoms with Crippen molar-refractivity contribution in [3.8, 4) is 0 Å². The second-order valence-corrected chi connectivity index (χ2v) is 6.16. The standard InChI is InChI=1S/C18H13Cl2FN4O/c1-10-9-15(17(26)23-13-7-3-2-6-12(13)21)25-18(22-10)24-14-8-4-5-11(19)16(14)20/h2-9H,1H3,(H,23,26)(H,22,24,25). The third-order valence-electron chi connectivity index (χ3n) is 3.41. The summed E-state index contributed by atoms with van der Waals surface area (Å²) < 4.78 is 13.7. The number of nitrogens with one attached hydrogen (secondary N) is 2. The highest BCUT2D eigenvalue weighted by Crippen LogP contribution is 2.31. The number of carbonyl (C=O) groups excluding carboxylic acids is 1. The number of amides is 1. The number of para-hydroxylation sites is 1. The highest BCUT2D eigenvalue weighted by molar-refractivity contribution is 6.43. The van der Waals surface area contributed by atoms with Crippen LogP contribution in [-0.2, 0) is 0 Å². The van der Waals surface area contributed by atoms with Crippen LogP contribution in [0.3, 0.4) is 0 Å². The van der Waals surface area contributed by atoms with Gasteiger partial charge in [0.2, 0.25) is 5.95 Å². The smallest absolute Gasteiger partial charge is 0.274 e. The summed E-state index contributed by atoms with van der Waals surface area (Å²) in [5, 5.41) is 6.11. The highest BCUT2D eigenvalue weighted by atomic mass is 35.5. The van der Waals surface area contributed by atoms with Crippen LogP contribution in [0.15, 0.2) is 48.5 Å². The van der Waals surface area contributed by atoms with Crippen molar-refractivity contribution in [2.45, 2.75) is 6.92 Å². The number of hydrogen-bond acceptors (Lipinski definition) is 4. The van der Waals surface area contributed by atoms with E-state index in [9.17, 15) is 9.18 Å². The lowest BCUT2D eigenvalue weighted by molar-refractivity contribution is 0.102. The molecular weight excluding hydrogens is 378 g/mol. The maximum atomic E-state index is 13.7. The van der Waals surface area contributed by atoms with Gasteiger partial charge in [0.25, 0.3) is 5.91 Å². The number of anilines is 3. The van der Waals surface area contributed by atoms with Crippen molar-refractivity contribution in [1.82, 2.24) is 9.97 Å². The van der Waals surface area contributed by atoms with Crippen LogP contribution in [0.5, 0.6) is 0 Å². The number of carbonyl (C=O) groups is 1. The number of aryl methyl sites for hydroxylation is 1. The van der Waals surface area contributed by atoms with Gasteiger partial charge in [-0.15, -0.1) is 0 Å². The van der Waals surface area contributed by atoms with Crippen LogP contribution in [0, 0.1) is 12.7 Å². The SMILES string of the molecule is Cc1cc(C(=O)Nc2ccccc2F)nc(Nc2cccc(Cl)c2Cl)n1. The van der Waals surface area contributed by atoms with E-state index in [-0.39, 0.29) is 17.3 Å². The molecule has 2 aromatic carbocycles. The minimum absolute atomic E-state index is 0.0705. The Morgan fingerprint density at radius 2 is 1.77 bits per heavy atom. The fourth-order valence-corrected chi connectivity index (χ4v) is 2.56. The van der Waals surface area contributed by atoms with Gasteiger partial charge in [-0.2, -0.15) is 0 Å². The van der Waals surface area contributed by atoms with E-state index in [0.29, 0.717) is 21.4 Å². The summed E-state index contributed by atoms with van der Waals surface area (Å²) in [4.78, 5) is 20.8. The van der Waals surface area contributed by atoms with Crippen molar-refractivity contribution < 1.29 is 9.18 Å². The molecule has 0 aliphatic heterocycles. The largest absolute Gasteiger partial charge is 0.323 e. The summed E-state index contributed by atoms with van der Waals surface area (Å²) in [6, 6.07) is 12.5. The Kier molecular flexibility index (Phi) is 5.35. The molecule has 0 saturated heterocycles. The Balaban J connectivity index is 1.86. The molecule has 2 N–H and O–H groups in total. The molecule has 0 aliphatic carbocycles. The summed E-state index contributed by atoms with van der Waals surface area (Å²) in [6.07, 6.45) is 0. The lowest BCUT2D eigenvalue weighted by Crippen LogP contribution is -2.16. The van der Waals surface area contributed by atoms with Crippen LogP contribution in [0.25, 0.3) is 0 Å². The Bertz CT molecular complexity index is 981. The van der Waals surface area contributed by atoms with Crippen molar-refractivity contribution in [3.05, 3.63) is 75.8 Å². The maximum absolute atomic E-state index is 13.7. The Hall–Kier alpha value is -2.70. The molecular formula is C18H13Cl2FN4O. The van der Waals surface area contributed by atoms with Gasteiger partial charge in [0.15, 0.2) is 0 Å². The van der Waals surface area contributed by atoms with Gasteiger partial charge in [0.1, 0.15) is 11.5 Å². The summed E-state index contributed by atoms with van der Waals surface area (Å²) >= 11 is 12.1. The molecule has 8 heteroatoms. The maximum Gasteiger partial charge on any atom is 0.274 e. The van der Waals surface area contributed by atoms with Gasteiger partial charge in [-0.05, 0) is 37.3 Å². The molecule has 0 saturated carbocycles. The first kappa shape index (κ1) is 18.1. The van der Waals surface area contributed by atoms with Crippen molar-refractivity contribution in [1.29, 1.82) is 0 Å². The second-order valence-electron chi connectivity index (χ2n) is 5.38. The number of hydrogen-bond donors (Lipinski definition) is 2. The lowest BCUT2D eigenvalue weighted by Gasteiger charge is -2.10. The molecule has 0 spiro atoms. The third kappa shape index (κ3) is 4.09. The minimum atomic E-state index is -0.555. The molecule has 132 valence electrons. The second kappa shape index (κ2) is 7.68. The first-order valence-corrected chi connectivity index (χ1v) is 8.32. The van der Waals surface area contributed by atoms with E-state index in [1.54, 1.807) is 31.2 Å². The molecule has 5 nitrogen and oxygen atoms in total. The molecule has 3 rings (SSSR count). The zero-order chi connectivity index (χ0) is 18.7. The molecule has 0 fully saturated rings. The summed E-state index contributed by atoms with van der Waals surface area (Å²) in [6.45, 7) is 1.71. The van der Waals surface area contributed by atoms with Crippen LogP contribution in [-0.4, -0.2) is 15.9 Å². The van der Waals surface area contributed by atoms with E-state index >= 15 is 0 Å². The van der Waals surface area contributed by atoms with E-state index in [2.05, 4.69) is 20.6 Å². The third-order valence-corrected chi connectivity index (χ3v) is 4.23. The summed E-state index contributed by atoms with van der Waals surface area (Å²) in [5.41, 5.74) is 1.21. The molecule has 0 unspecified atom stereocenters. The molecule has 1 heterocycles. The van der Waals surface area contributed by atoms with Gasteiger partial charge >= 0.3 is 0 Å². The molecule has 1 amide bonds. The number of rotatable bonds is 4. The van der Waals surface area contributed by atoms with Crippen molar-refractivity contribution in [2.75, 3.05) is 10.6 Å². The average Bonchev–Trinajstić information content (AvgIpc) is 2.60. The van der Waals surface area contributed by atoms with Gasteiger partial charge in [0.05, 0.1) is 21.4 Å². The van der Waals surface area contributed by atoms with Crippen LogP contribution in [0.1, 0.15) is 16.2 Å². The van der Waals surface area contributed by atoms with Gasteiger partial charge in [-0.1, -0.05) is 41.4 Å². The summed E-state index contributed by atoms with van der Waals surface area (Å²) in [5.74, 6) is -0.913. The molecule has 1 aromatic heterocycles. The number of halogens is 3. The number of benzene rings is 2. The normalized spacial score (nSPS) is 10.5. The van der Waals surface area contributed by atoms with E-state index in [1.165, 1.54) is 24.3 Å². The zero-order valence-electron chi connectivity index (χ0n) is 13.6. The fourth-order valence-electron chi connectivity index (χ4n) is 2.21. The Morgan fingerprint density at radius 1 is 1.04 bits per heavy atom. The topological polar surface area (TPSA) is 66.9 Å². The number of nitrogens with zero attached hydrogens (tertiary/aromatic N) is 2. The summed E-state index contributed by atoms with van der Waals surface area (Å²) in [7, 11) is 0. The number of aromatic nitrogens is 2. The molecule has 0 atom stereocenters. The van der Waals surface area contributed by atoms with Crippen molar-refractivity contribution in [3.63, 3.8) is 0 Å².